The van der Waals surface area contributed by atoms with Gasteiger partial charge < -0.3 is 14.3 Å². The number of aliphatic hydroxyl groups excluding tert-OH is 1. The molecule has 1 N–H and O–H groups in total. The molecule has 0 saturated carbocycles. The standard InChI is InChI=1S/C18H22N2O4/c1-23-18(22)14-7-5-13(6-8-14)17-19-15(12-24-17)10-20-9-3-2-4-16(20)11-21/h5-8,12,16,21H,2-4,9-11H2,1H3/t16-/m1/s1. The number of aromatic nitrogens is 1. The summed E-state index contributed by atoms with van der Waals surface area (Å²) in [6, 6.07) is 7.17. The highest BCUT2D eigenvalue weighted by Gasteiger charge is 2.22. The minimum absolute atomic E-state index is 0.180. The van der Waals surface area contributed by atoms with Gasteiger partial charge in [0.25, 0.3) is 0 Å². The van der Waals surface area contributed by atoms with Crippen LogP contribution in [0.3, 0.4) is 0 Å². The maximum absolute atomic E-state index is 11.5. The number of benzene rings is 1. The number of likely N-dealkylation sites (tertiary alicyclic amines) is 1. The fourth-order valence-corrected chi connectivity index (χ4v) is 3.06. The van der Waals surface area contributed by atoms with Crippen molar-refractivity contribution in [2.24, 2.45) is 0 Å². The number of nitrogens with zero attached hydrogens (tertiary/aromatic N) is 2. The van der Waals surface area contributed by atoms with Crippen LogP contribution in [-0.4, -0.2) is 47.3 Å². The lowest BCUT2D eigenvalue weighted by molar-refractivity contribution is 0.0600. The number of oxazole rings is 1. The van der Waals surface area contributed by atoms with Gasteiger partial charge >= 0.3 is 5.97 Å². The first-order valence-electron chi connectivity index (χ1n) is 8.19. The third kappa shape index (κ3) is 3.66. The summed E-state index contributed by atoms with van der Waals surface area (Å²) in [6.07, 6.45) is 5.00. The van der Waals surface area contributed by atoms with E-state index < -0.39 is 0 Å². The predicted molar refractivity (Wildman–Crippen MR) is 88.4 cm³/mol. The number of methoxy groups -OCH3 is 1. The van der Waals surface area contributed by atoms with Gasteiger partial charge in [-0.1, -0.05) is 6.42 Å². The van der Waals surface area contributed by atoms with Crippen LogP contribution in [0.1, 0.15) is 35.3 Å². The van der Waals surface area contributed by atoms with Gasteiger partial charge in [0.1, 0.15) is 6.26 Å². The summed E-state index contributed by atoms with van der Waals surface area (Å²) in [7, 11) is 1.36. The molecule has 0 amide bonds. The van der Waals surface area contributed by atoms with Gasteiger partial charge in [0, 0.05) is 18.2 Å². The molecule has 2 aromatic rings. The van der Waals surface area contributed by atoms with Crippen molar-refractivity contribution in [3.8, 4) is 11.5 Å². The Kier molecular flexibility index (Phi) is 5.27. The van der Waals surface area contributed by atoms with Crippen molar-refractivity contribution < 1.29 is 19.1 Å². The average molecular weight is 330 g/mol. The maximum atomic E-state index is 11.5. The van der Waals surface area contributed by atoms with Crippen LogP contribution in [0.4, 0.5) is 0 Å². The Balaban J connectivity index is 1.70. The number of ether oxygens (including phenoxy) is 1. The average Bonchev–Trinajstić information content (AvgIpc) is 3.10. The zero-order valence-corrected chi connectivity index (χ0v) is 13.8. The number of hydrogen-bond acceptors (Lipinski definition) is 6. The molecule has 0 radical (unpaired) electrons. The molecular weight excluding hydrogens is 308 g/mol. The van der Waals surface area contributed by atoms with Crippen LogP contribution >= 0.6 is 0 Å². The van der Waals surface area contributed by atoms with E-state index in [-0.39, 0.29) is 18.6 Å². The molecule has 0 bridgehead atoms. The van der Waals surface area contributed by atoms with Gasteiger partial charge in [-0.2, -0.15) is 0 Å². The van der Waals surface area contributed by atoms with Crippen LogP contribution in [0.15, 0.2) is 34.9 Å². The lowest BCUT2D eigenvalue weighted by Crippen LogP contribution is -2.41. The molecule has 24 heavy (non-hydrogen) atoms. The van der Waals surface area contributed by atoms with Crippen molar-refractivity contribution in [3.05, 3.63) is 41.8 Å². The van der Waals surface area contributed by atoms with Gasteiger partial charge in [0.05, 0.1) is 25.0 Å². The van der Waals surface area contributed by atoms with Crippen LogP contribution in [0.5, 0.6) is 0 Å². The first-order valence-corrected chi connectivity index (χ1v) is 8.19. The number of aliphatic hydroxyl groups is 1. The summed E-state index contributed by atoms with van der Waals surface area (Å²) in [5.41, 5.74) is 2.15. The van der Waals surface area contributed by atoms with Crippen molar-refractivity contribution in [3.63, 3.8) is 0 Å². The molecule has 6 heteroatoms. The smallest absolute Gasteiger partial charge is 0.337 e. The molecule has 1 aliphatic rings. The maximum Gasteiger partial charge on any atom is 0.337 e. The monoisotopic (exact) mass is 330 g/mol. The number of rotatable bonds is 5. The molecule has 6 nitrogen and oxygen atoms in total. The summed E-state index contributed by atoms with van der Waals surface area (Å²) in [6.45, 7) is 1.83. The van der Waals surface area contributed by atoms with E-state index in [0.717, 1.165) is 30.6 Å². The van der Waals surface area contributed by atoms with Gasteiger partial charge in [-0.15, -0.1) is 0 Å². The van der Waals surface area contributed by atoms with Crippen molar-refractivity contribution in [2.75, 3.05) is 20.3 Å². The summed E-state index contributed by atoms with van der Waals surface area (Å²) in [5, 5.41) is 9.49. The summed E-state index contributed by atoms with van der Waals surface area (Å²) < 4.78 is 10.3. The molecule has 1 atom stereocenters. The van der Waals surface area contributed by atoms with E-state index in [9.17, 15) is 9.90 Å². The number of carbonyl (C=O) groups is 1. The Labute approximate surface area is 141 Å². The highest BCUT2D eigenvalue weighted by molar-refractivity contribution is 5.89. The molecule has 0 unspecified atom stereocenters. The largest absolute Gasteiger partial charge is 0.465 e. The van der Waals surface area contributed by atoms with Gasteiger partial charge in [0.15, 0.2) is 0 Å². The van der Waals surface area contributed by atoms with Gasteiger partial charge in [-0.05, 0) is 43.7 Å². The fraction of sp³-hybridized carbons (Fsp3) is 0.444. The Morgan fingerprint density at radius 3 is 2.88 bits per heavy atom. The SMILES string of the molecule is COC(=O)c1ccc(-c2nc(CN3CCCC[C@@H]3CO)co2)cc1. The van der Waals surface area contributed by atoms with Crippen molar-refractivity contribution in [1.29, 1.82) is 0 Å². The Morgan fingerprint density at radius 1 is 1.38 bits per heavy atom. The Bertz CT molecular complexity index is 681. The summed E-state index contributed by atoms with van der Waals surface area (Å²) in [4.78, 5) is 18.2. The molecule has 1 aromatic heterocycles. The van der Waals surface area contributed by atoms with Crippen LogP contribution in [0.2, 0.25) is 0 Å². The second kappa shape index (κ2) is 7.59. The number of hydrogen-bond donors (Lipinski definition) is 1. The van der Waals surface area contributed by atoms with Gasteiger partial charge in [0.2, 0.25) is 5.89 Å². The highest BCUT2D eigenvalue weighted by Crippen LogP contribution is 2.23. The quantitative estimate of drug-likeness (QED) is 0.849. The third-order valence-corrected chi connectivity index (χ3v) is 4.43. The highest BCUT2D eigenvalue weighted by atomic mass is 16.5. The molecule has 3 rings (SSSR count). The minimum Gasteiger partial charge on any atom is -0.465 e. The minimum atomic E-state index is -0.366. The first kappa shape index (κ1) is 16.7. The first-order chi connectivity index (χ1) is 11.7. The van der Waals surface area contributed by atoms with E-state index in [1.807, 2.05) is 0 Å². The molecule has 1 saturated heterocycles. The molecule has 1 aromatic carbocycles. The summed E-state index contributed by atoms with van der Waals surface area (Å²) in [5.74, 6) is 0.161. The van der Waals surface area contributed by atoms with E-state index in [0.29, 0.717) is 18.0 Å². The Hall–Kier alpha value is -2.18. The number of carbonyl (C=O) groups excluding carboxylic acids is 1. The number of esters is 1. The lowest BCUT2D eigenvalue weighted by Gasteiger charge is -2.33. The van der Waals surface area contributed by atoms with Gasteiger partial charge in [-0.3, -0.25) is 4.90 Å². The zero-order chi connectivity index (χ0) is 16.9. The third-order valence-electron chi connectivity index (χ3n) is 4.43. The van der Waals surface area contributed by atoms with Crippen molar-refractivity contribution in [1.82, 2.24) is 9.88 Å². The van der Waals surface area contributed by atoms with Crippen molar-refractivity contribution in [2.45, 2.75) is 31.8 Å². The number of piperidine rings is 1. The molecule has 2 heterocycles. The van der Waals surface area contributed by atoms with Crippen LogP contribution in [0.25, 0.3) is 11.5 Å². The van der Waals surface area contributed by atoms with E-state index in [1.165, 1.54) is 13.5 Å². The van der Waals surface area contributed by atoms with E-state index in [2.05, 4.69) is 14.6 Å². The topological polar surface area (TPSA) is 75.8 Å². The van der Waals surface area contributed by atoms with Crippen LogP contribution < -0.4 is 0 Å². The summed E-state index contributed by atoms with van der Waals surface area (Å²) >= 11 is 0. The molecule has 128 valence electrons. The lowest BCUT2D eigenvalue weighted by atomic mass is 10.0. The van der Waals surface area contributed by atoms with Crippen molar-refractivity contribution >= 4 is 5.97 Å². The molecule has 0 aliphatic carbocycles. The van der Waals surface area contributed by atoms with E-state index in [1.54, 1.807) is 30.5 Å². The van der Waals surface area contributed by atoms with E-state index in [4.69, 9.17) is 4.42 Å². The molecule has 1 aliphatic heterocycles. The second-order valence-electron chi connectivity index (χ2n) is 6.02. The molecule has 0 spiro atoms. The van der Waals surface area contributed by atoms with Gasteiger partial charge in [-0.25, -0.2) is 9.78 Å². The molecular formula is C18H22N2O4. The van der Waals surface area contributed by atoms with Crippen LogP contribution in [-0.2, 0) is 11.3 Å². The predicted octanol–water partition coefficient (Wildman–Crippen LogP) is 2.48. The Morgan fingerprint density at radius 2 is 2.17 bits per heavy atom. The zero-order valence-electron chi connectivity index (χ0n) is 13.8. The van der Waals surface area contributed by atoms with E-state index >= 15 is 0 Å². The fourth-order valence-electron chi connectivity index (χ4n) is 3.06. The normalized spacial score (nSPS) is 18.5. The van der Waals surface area contributed by atoms with Crippen LogP contribution in [0, 0.1) is 0 Å². The molecule has 1 fully saturated rings. The second-order valence-corrected chi connectivity index (χ2v) is 6.02.